The van der Waals surface area contributed by atoms with Crippen LogP contribution in [-0.2, 0) is 23.9 Å². The number of rotatable bonds is 8. The van der Waals surface area contributed by atoms with Gasteiger partial charge in [-0.3, -0.25) is 9.59 Å². The van der Waals surface area contributed by atoms with Gasteiger partial charge in [0.25, 0.3) is 0 Å². The van der Waals surface area contributed by atoms with E-state index in [1.54, 1.807) is 0 Å². The summed E-state index contributed by atoms with van der Waals surface area (Å²) >= 11 is 0. The largest absolute Gasteiger partial charge is 0.480 e. The molecule has 9 heteroatoms. The molecule has 0 aromatic rings. The number of carboxylic acids is 1. The van der Waals surface area contributed by atoms with Crippen molar-refractivity contribution in [1.82, 2.24) is 10.6 Å². The van der Waals surface area contributed by atoms with Gasteiger partial charge in [0, 0.05) is 13.0 Å². The Bertz CT molecular complexity index is 370. The molecule has 1 atom stereocenters. The Morgan fingerprint density at radius 2 is 1.60 bits per heavy atom. The highest BCUT2D eigenvalue weighted by Crippen LogP contribution is 1.99. The Morgan fingerprint density at radius 3 is 2.10 bits per heavy atom. The van der Waals surface area contributed by atoms with Crippen LogP contribution in [0.15, 0.2) is 0 Å². The Balaban J connectivity index is 4.11. The van der Waals surface area contributed by atoms with E-state index in [9.17, 15) is 19.2 Å². The number of methoxy groups -OCH3 is 2. The molecule has 0 saturated carbocycles. The summed E-state index contributed by atoms with van der Waals surface area (Å²) < 4.78 is 8.75. The molecule has 0 aliphatic carbocycles. The Morgan fingerprint density at radius 1 is 1.05 bits per heavy atom. The van der Waals surface area contributed by atoms with Gasteiger partial charge in [-0.25, -0.2) is 9.59 Å². The zero-order valence-corrected chi connectivity index (χ0v) is 11.3. The summed E-state index contributed by atoms with van der Waals surface area (Å²) in [5.41, 5.74) is 0. The Hall–Kier alpha value is -2.32. The van der Waals surface area contributed by atoms with Gasteiger partial charge in [-0.2, -0.15) is 0 Å². The number of carboxylic acid groups (broad SMARTS) is 1. The van der Waals surface area contributed by atoms with E-state index in [2.05, 4.69) is 20.1 Å². The topological polar surface area (TPSA) is 131 Å². The molecule has 0 aliphatic heterocycles. The fourth-order valence-electron chi connectivity index (χ4n) is 1.21. The molecule has 0 spiro atoms. The van der Waals surface area contributed by atoms with E-state index in [0.717, 1.165) is 0 Å². The van der Waals surface area contributed by atoms with E-state index in [-0.39, 0.29) is 25.8 Å². The average Bonchev–Trinajstić information content (AvgIpc) is 2.42. The van der Waals surface area contributed by atoms with Gasteiger partial charge >= 0.3 is 23.9 Å². The molecule has 9 nitrogen and oxygen atoms in total. The van der Waals surface area contributed by atoms with Crippen LogP contribution in [0, 0.1) is 0 Å². The highest BCUT2D eigenvalue weighted by molar-refractivity contribution is 5.83. The van der Waals surface area contributed by atoms with E-state index < -0.39 is 30.0 Å². The van der Waals surface area contributed by atoms with Crippen molar-refractivity contribution in [2.75, 3.05) is 20.8 Å². The fourth-order valence-corrected chi connectivity index (χ4v) is 1.21. The van der Waals surface area contributed by atoms with E-state index in [1.165, 1.54) is 14.2 Å². The lowest BCUT2D eigenvalue weighted by Crippen LogP contribution is -2.46. The van der Waals surface area contributed by atoms with Gasteiger partial charge in [0.1, 0.15) is 6.04 Å². The summed E-state index contributed by atoms with van der Waals surface area (Å²) in [6.45, 7) is 0.0157. The zero-order chi connectivity index (χ0) is 15.5. The van der Waals surface area contributed by atoms with Crippen molar-refractivity contribution in [3.05, 3.63) is 0 Å². The number of amides is 2. The number of carbonyl (C=O) groups excluding carboxylic acids is 3. The SMILES string of the molecule is COC(=O)CCNC(=O)N[C@@H](CCC(=O)OC)C(=O)O. The van der Waals surface area contributed by atoms with Crippen LogP contribution >= 0.6 is 0 Å². The van der Waals surface area contributed by atoms with Gasteiger partial charge in [-0.05, 0) is 6.42 Å². The van der Waals surface area contributed by atoms with Gasteiger partial charge in [-0.15, -0.1) is 0 Å². The van der Waals surface area contributed by atoms with Gasteiger partial charge in [0.15, 0.2) is 0 Å². The first kappa shape index (κ1) is 17.7. The molecule has 2 amide bonds. The second-order valence-corrected chi connectivity index (χ2v) is 3.73. The fraction of sp³-hybridized carbons (Fsp3) is 0.636. The lowest BCUT2D eigenvalue weighted by Gasteiger charge is -2.14. The van der Waals surface area contributed by atoms with Crippen LogP contribution < -0.4 is 10.6 Å². The van der Waals surface area contributed by atoms with Crippen LogP contribution in [0.25, 0.3) is 0 Å². The van der Waals surface area contributed by atoms with Crippen molar-refractivity contribution >= 4 is 23.9 Å². The molecule has 0 aliphatic rings. The van der Waals surface area contributed by atoms with E-state index >= 15 is 0 Å². The summed E-state index contributed by atoms with van der Waals surface area (Å²) in [5.74, 6) is -2.33. The molecule has 0 radical (unpaired) electrons. The maximum Gasteiger partial charge on any atom is 0.326 e. The lowest BCUT2D eigenvalue weighted by atomic mass is 10.1. The van der Waals surface area contributed by atoms with E-state index in [1.807, 2.05) is 0 Å². The molecule has 20 heavy (non-hydrogen) atoms. The zero-order valence-electron chi connectivity index (χ0n) is 11.3. The predicted molar refractivity (Wildman–Crippen MR) is 65.8 cm³/mol. The quantitative estimate of drug-likeness (QED) is 0.501. The molecular formula is C11H18N2O7. The second kappa shape index (κ2) is 9.59. The van der Waals surface area contributed by atoms with E-state index in [4.69, 9.17) is 5.11 Å². The summed E-state index contributed by atoms with van der Waals surface area (Å²) in [4.78, 5) is 44.0. The Kier molecular flexibility index (Phi) is 8.48. The highest BCUT2D eigenvalue weighted by atomic mass is 16.5. The monoisotopic (exact) mass is 290 g/mol. The lowest BCUT2D eigenvalue weighted by molar-refractivity contribution is -0.143. The second-order valence-electron chi connectivity index (χ2n) is 3.73. The molecule has 0 saturated heterocycles. The maximum absolute atomic E-state index is 11.4. The Labute approximate surface area is 115 Å². The number of urea groups is 1. The van der Waals surface area contributed by atoms with Crippen molar-refractivity contribution in [3.63, 3.8) is 0 Å². The smallest absolute Gasteiger partial charge is 0.326 e. The van der Waals surface area contributed by atoms with Gasteiger partial charge < -0.3 is 25.2 Å². The minimum Gasteiger partial charge on any atom is -0.480 e. The molecule has 3 N–H and O–H groups in total. The summed E-state index contributed by atoms with van der Waals surface area (Å²) in [5, 5.41) is 13.4. The molecule has 0 bridgehead atoms. The average molecular weight is 290 g/mol. The van der Waals surface area contributed by atoms with Crippen molar-refractivity contribution in [3.8, 4) is 0 Å². The summed E-state index contributed by atoms with van der Waals surface area (Å²) in [6, 6.07) is -1.96. The first-order valence-corrected chi connectivity index (χ1v) is 5.81. The molecule has 0 rings (SSSR count). The third kappa shape index (κ3) is 7.90. The van der Waals surface area contributed by atoms with Crippen LogP contribution in [0.4, 0.5) is 4.79 Å². The molecule has 0 aromatic heterocycles. The third-order valence-corrected chi connectivity index (χ3v) is 2.31. The maximum atomic E-state index is 11.4. The number of ether oxygens (including phenoxy) is 2. The van der Waals surface area contributed by atoms with Crippen LogP contribution in [0.3, 0.4) is 0 Å². The van der Waals surface area contributed by atoms with Crippen molar-refractivity contribution in [2.45, 2.75) is 25.3 Å². The van der Waals surface area contributed by atoms with Crippen LogP contribution in [-0.4, -0.2) is 55.9 Å². The highest BCUT2D eigenvalue weighted by Gasteiger charge is 2.21. The standard InChI is InChI=1S/C11H18N2O7/c1-19-8(14)4-3-7(10(16)17)13-11(18)12-6-5-9(15)20-2/h7H,3-6H2,1-2H3,(H,16,17)(H2,12,13,18)/t7-/m0/s1. The van der Waals surface area contributed by atoms with Gasteiger partial charge in [-0.1, -0.05) is 0 Å². The normalized spacial score (nSPS) is 11.1. The number of hydrogen-bond donors (Lipinski definition) is 3. The number of esters is 2. The predicted octanol–water partition coefficient (Wildman–Crippen LogP) is -0.745. The minimum atomic E-state index is -1.27. The molecule has 0 heterocycles. The van der Waals surface area contributed by atoms with Crippen molar-refractivity contribution in [1.29, 1.82) is 0 Å². The van der Waals surface area contributed by atoms with Gasteiger partial charge in [0.05, 0.1) is 20.6 Å². The molecule has 0 aromatic carbocycles. The molecule has 114 valence electrons. The number of hydrogen-bond acceptors (Lipinski definition) is 6. The number of aliphatic carboxylic acids is 1. The van der Waals surface area contributed by atoms with Crippen molar-refractivity contribution in [2.24, 2.45) is 0 Å². The first-order valence-electron chi connectivity index (χ1n) is 5.81. The minimum absolute atomic E-state index is 0.0157. The van der Waals surface area contributed by atoms with Crippen LogP contribution in [0.2, 0.25) is 0 Å². The van der Waals surface area contributed by atoms with Gasteiger partial charge in [0.2, 0.25) is 0 Å². The first-order chi connectivity index (χ1) is 9.40. The van der Waals surface area contributed by atoms with Crippen molar-refractivity contribution < 1.29 is 33.8 Å². The summed E-state index contributed by atoms with van der Waals surface area (Å²) in [7, 11) is 2.40. The third-order valence-electron chi connectivity index (χ3n) is 2.31. The van der Waals surface area contributed by atoms with Crippen LogP contribution in [0.1, 0.15) is 19.3 Å². The molecular weight excluding hydrogens is 272 g/mol. The van der Waals surface area contributed by atoms with Crippen LogP contribution in [0.5, 0.6) is 0 Å². The molecule has 0 unspecified atom stereocenters. The number of nitrogens with one attached hydrogen (secondary N) is 2. The molecule has 0 fully saturated rings. The van der Waals surface area contributed by atoms with E-state index in [0.29, 0.717) is 0 Å². The summed E-state index contributed by atoms with van der Waals surface area (Å²) in [6.07, 6.45) is -0.244. The number of carbonyl (C=O) groups is 4.